The van der Waals surface area contributed by atoms with E-state index in [0.717, 1.165) is 25.7 Å². The van der Waals surface area contributed by atoms with Crippen molar-refractivity contribution in [3.05, 3.63) is 0 Å². The van der Waals surface area contributed by atoms with E-state index in [1.54, 1.807) is 0 Å². The van der Waals surface area contributed by atoms with Crippen LogP contribution in [-0.2, 0) is 9.53 Å². The third-order valence-corrected chi connectivity index (χ3v) is 3.76. The predicted molar refractivity (Wildman–Crippen MR) is 66.6 cm³/mol. The summed E-state index contributed by atoms with van der Waals surface area (Å²) >= 11 is 0. The van der Waals surface area contributed by atoms with Crippen LogP contribution in [0.25, 0.3) is 0 Å². The van der Waals surface area contributed by atoms with Crippen molar-refractivity contribution in [1.29, 1.82) is 0 Å². The number of amides is 1. The Bertz CT molecular complexity index is 271. The van der Waals surface area contributed by atoms with Crippen molar-refractivity contribution < 1.29 is 9.53 Å². The molecule has 2 fully saturated rings. The van der Waals surface area contributed by atoms with Gasteiger partial charge in [-0.1, -0.05) is 19.3 Å². The molecule has 3 N–H and O–H groups in total. The Balaban J connectivity index is 1.70. The fourth-order valence-corrected chi connectivity index (χ4v) is 2.31. The topological polar surface area (TPSA) is 64.3 Å². The molecule has 17 heavy (non-hydrogen) atoms. The number of hydrogen-bond donors (Lipinski definition) is 2. The lowest BCUT2D eigenvalue weighted by atomic mass is 9.83. The van der Waals surface area contributed by atoms with Crippen LogP contribution in [0.3, 0.4) is 0 Å². The van der Waals surface area contributed by atoms with Crippen LogP contribution < -0.4 is 11.1 Å². The number of nitrogens with one attached hydrogen (secondary N) is 1. The Morgan fingerprint density at radius 2 is 2.06 bits per heavy atom. The number of ether oxygens (including phenoxy) is 1. The summed E-state index contributed by atoms with van der Waals surface area (Å²) in [6.07, 6.45) is 7.52. The number of carbonyl (C=O) groups excluding carboxylic acids is 1. The summed E-state index contributed by atoms with van der Waals surface area (Å²) in [6, 6.07) is 0.398. The minimum Gasteiger partial charge on any atom is -0.367 e. The zero-order valence-corrected chi connectivity index (χ0v) is 10.7. The fourth-order valence-electron chi connectivity index (χ4n) is 2.31. The van der Waals surface area contributed by atoms with Crippen molar-refractivity contribution >= 4 is 5.91 Å². The van der Waals surface area contributed by atoms with Gasteiger partial charge in [0.2, 0.25) is 5.91 Å². The smallest absolute Gasteiger partial charge is 0.249 e. The van der Waals surface area contributed by atoms with E-state index in [4.69, 9.17) is 10.5 Å². The Morgan fingerprint density at radius 1 is 1.41 bits per heavy atom. The predicted octanol–water partition coefficient (Wildman–Crippen LogP) is 1.33. The van der Waals surface area contributed by atoms with E-state index in [-0.39, 0.29) is 17.6 Å². The van der Waals surface area contributed by atoms with Crippen molar-refractivity contribution in [3.8, 4) is 0 Å². The first-order chi connectivity index (χ1) is 8.09. The lowest BCUT2D eigenvalue weighted by molar-refractivity contribution is -0.133. The van der Waals surface area contributed by atoms with Gasteiger partial charge in [-0.3, -0.25) is 4.79 Å². The molecule has 4 heteroatoms. The second kappa shape index (κ2) is 5.36. The molecular formula is C13H24N2O2. The van der Waals surface area contributed by atoms with Gasteiger partial charge in [-0.15, -0.1) is 0 Å². The second-order valence-electron chi connectivity index (χ2n) is 5.66. The molecule has 4 nitrogen and oxygen atoms in total. The van der Waals surface area contributed by atoms with Crippen LogP contribution in [0, 0.1) is 0 Å². The third-order valence-electron chi connectivity index (χ3n) is 3.76. The average molecular weight is 240 g/mol. The fraction of sp³-hybridized carbons (Fsp3) is 0.923. The summed E-state index contributed by atoms with van der Waals surface area (Å²) in [5.41, 5.74) is 6.06. The van der Waals surface area contributed by atoms with Gasteiger partial charge in [0.05, 0.1) is 6.61 Å². The molecule has 0 saturated heterocycles. The third kappa shape index (κ3) is 3.96. The molecule has 0 aromatic rings. The van der Waals surface area contributed by atoms with Gasteiger partial charge in [0.1, 0.15) is 6.10 Å². The minimum atomic E-state index is -0.377. The van der Waals surface area contributed by atoms with Gasteiger partial charge >= 0.3 is 0 Å². The van der Waals surface area contributed by atoms with Gasteiger partial charge < -0.3 is 15.8 Å². The molecule has 0 heterocycles. The van der Waals surface area contributed by atoms with Gasteiger partial charge in [0.15, 0.2) is 0 Å². The standard InChI is InChI=1S/C13H24N2O2/c1-10(12(16)15-11-5-6-11)17-9-13(14)7-3-2-4-8-13/h10-11H,2-9,14H2,1H3,(H,15,16). The van der Waals surface area contributed by atoms with Crippen LogP contribution in [0.1, 0.15) is 51.9 Å². The summed E-state index contributed by atoms with van der Waals surface area (Å²) in [4.78, 5) is 11.7. The van der Waals surface area contributed by atoms with Crippen molar-refractivity contribution in [3.63, 3.8) is 0 Å². The highest BCUT2D eigenvalue weighted by molar-refractivity contribution is 5.80. The van der Waals surface area contributed by atoms with Crippen LogP contribution in [0.15, 0.2) is 0 Å². The van der Waals surface area contributed by atoms with E-state index in [9.17, 15) is 4.79 Å². The maximum Gasteiger partial charge on any atom is 0.249 e. The van der Waals surface area contributed by atoms with E-state index in [1.165, 1.54) is 19.3 Å². The van der Waals surface area contributed by atoms with Gasteiger partial charge in [0, 0.05) is 11.6 Å². The lowest BCUT2D eigenvalue weighted by Gasteiger charge is -2.33. The van der Waals surface area contributed by atoms with E-state index in [2.05, 4.69) is 5.32 Å². The van der Waals surface area contributed by atoms with Crippen molar-refractivity contribution in [2.24, 2.45) is 5.73 Å². The molecule has 1 unspecified atom stereocenters. The largest absolute Gasteiger partial charge is 0.367 e. The Hall–Kier alpha value is -0.610. The first-order valence-corrected chi connectivity index (χ1v) is 6.80. The molecule has 2 aliphatic rings. The molecule has 2 rings (SSSR count). The summed E-state index contributed by atoms with van der Waals surface area (Å²) in [5, 5.41) is 2.95. The summed E-state index contributed by atoms with van der Waals surface area (Å²) < 4.78 is 5.64. The molecular weight excluding hydrogens is 216 g/mol. The zero-order valence-electron chi connectivity index (χ0n) is 10.7. The highest BCUT2D eigenvalue weighted by Gasteiger charge is 2.30. The molecule has 0 spiro atoms. The quantitative estimate of drug-likeness (QED) is 0.762. The van der Waals surface area contributed by atoms with E-state index >= 15 is 0 Å². The summed E-state index contributed by atoms with van der Waals surface area (Å²) in [6.45, 7) is 2.32. The summed E-state index contributed by atoms with van der Waals surface area (Å²) in [5.74, 6) is 0.00640. The molecule has 2 saturated carbocycles. The average Bonchev–Trinajstić information content (AvgIpc) is 3.11. The Labute approximate surface area is 103 Å². The van der Waals surface area contributed by atoms with Crippen LogP contribution >= 0.6 is 0 Å². The number of nitrogens with two attached hydrogens (primary N) is 1. The van der Waals surface area contributed by atoms with Gasteiger partial charge in [-0.25, -0.2) is 0 Å². The summed E-state index contributed by atoms with van der Waals surface area (Å²) in [7, 11) is 0. The maximum atomic E-state index is 11.7. The highest BCUT2D eigenvalue weighted by Crippen LogP contribution is 2.26. The number of hydrogen-bond acceptors (Lipinski definition) is 3. The van der Waals surface area contributed by atoms with Crippen molar-refractivity contribution in [1.82, 2.24) is 5.32 Å². The van der Waals surface area contributed by atoms with Crippen LogP contribution in [0.5, 0.6) is 0 Å². The van der Waals surface area contributed by atoms with Crippen molar-refractivity contribution in [2.45, 2.75) is 69.6 Å². The van der Waals surface area contributed by atoms with E-state index in [1.807, 2.05) is 6.92 Å². The normalized spacial score (nSPS) is 25.3. The number of rotatable bonds is 5. The molecule has 0 aliphatic heterocycles. The first-order valence-electron chi connectivity index (χ1n) is 6.80. The van der Waals surface area contributed by atoms with E-state index in [0.29, 0.717) is 12.6 Å². The number of carbonyl (C=O) groups is 1. The molecule has 0 radical (unpaired) electrons. The molecule has 0 aromatic carbocycles. The van der Waals surface area contributed by atoms with Gasteiger partial charge in [0.25, 0.3) is 0 Å². The second-order valence-corrected chi connectivity index (χ2v) is 5.66. The SMILES string of the molecule is CC(OCC1(N)CCCCC1)C(=O)NC1CC1. The van der Waals surface area contributed by atoms with E-state index < -0.39 is 0 Å². The molecule has 2 aliphatic carbocycles. The first kappa shape index (κ1) is 12.8. The zero-order chi connectivity index (χ0) is 12.3. The highest BCUT2D eigenvalue weighted by atomic mass is 16.5. The van der Waals surface area contributed by atoms with Gasteiger partial charge in [-0.05, 0) is 32.6 Å². The minimum absolute atomic E-state index is 0.00640. The maximum absolute atomic E-state index is 11.7. The van der Waals surface area contributed by atoms with Crippen LogP contribution in [-0.4, -0.2) is 30.2 Å². The van der Waals surface area contributed by atoms with Crippen molar-refractivity contribution in [2.75, 3.05) is 6.61 Å². The molecule has 1 amide bonds. The van der Waals surface area contributed by atoms with Crippen LogP contribution in [0.2, 0.25) is 0 Å². The molecule has 0 bridgehead atoms. The molecule has 1 atom stereocenters. The Morgan fingerprint density at radius 3 is 2.65 bits per heavy atom. The molecule has 98 valence electrons. The van der Waals surface area contributed by atoms with Crippen LogP contribution in [0.4, 0.5) is 0 Å². The molecule has 0 aromatic heterocycles. The monoisotopic (exact) mass is 240 g/mol. The lowest BCUT2D eigenvalue weighted by Crippen LogP contribution is -2.48. The Kier molecular flexibility index (Phi) is 4.05. The van der Waals surface area contributed by atoms with Gasteiger partial charge in [-0.2, -0.15) is 0 Å².